The predicted molar refractivity (Wildman–Crippen MR) is 96.8 cm³/mol. The molecule has 2 aliphatic rings. The van der Waals surface area contributed by atoms with Gasteiger partial charge >= 0.3 is 0 Å². The first kappa shape index (κ1) is 19.7. The van der Waals surface area contributed by atoms with E-state index in [1.54, 1.807) is 4.90 Å². The van der Waals surface area contributed by atoms with Crippen LogP contribution in [0.15, 0.2) is 0 Å². The summed E-state index contributed by atoms with van der Waals surface area (Å²) in [5, 5.41) is 3.16. The second-order valence-corrected chi connectivity index (χ2v) is 10.8. The quantitative estimate of drug-likeness (QED) is 0.801. The third kappa shape index (κ3) is 4.49. The molecule has 140 valence electrons. The van der Waals surface area contributed by atoms with E-state index in [-0.39, 0.29) is 5.91 Å². The molecule has 2 fully saturated rings. The highest BCUT2D eigenvalue weighted by Gasteiger charge is 2.50. The molecule has 0 bridgehead atoms. The average molecular weight is 360 g/mol. The second-order valence-electron chi connectivity index (χ2n) is 8.46. The van der Waals surface area contributed by atoms with Crippen molar-refractivity contribution in [3.05, 3.63) is 0 Å². The van der Waals surface area contributed by atoms with Gasteiger partial charge in [-0.1, -0.05) is 20.8 Å². The van der Waals surface area contributed by atoms with E-state index in [4.69, 9.17) is 0 Å². The molecule has 0 aromatic carbocycles. The topological polar surface area (TPSA) is 69.7 Å². The molecule has 0 atom stereocenters. The number of sulfone groups is 1. The van der Waals surface area contributed by atoms with Crippen LogP contribution in [0.4, 0.5) is 0 Å². The van der Waals surface area contributed by atoms with E-state index in [9.17, 15) is 13.2 Å². The van der Waals surface area contributed by atoms with Crippen LogP contribution in [-0.2, 0) is 14.6 Å². The summed E-state index contributed by atoms with van der Waals surface area (Å²) >= 11 is 0. The number of piperidine rings is 1. The van der Waals surface area contributed by atoms with Crippen molar-refractivity contribution < 1.29 is 13.2 Å². The van der Waals surface area contributed by atoms with Crippen LogP contribution in [0.3, 0.4) is 0 Å². The van der Waals surface area contributed by atoms with Gasteiger partial charge in [-0.15, -0.1) is 0 Å². The number of nitrogens with one attached hydrogen (secondary N) is 1. The Balaban J connectivity index is 1.98. The van der Waals surface area contributed by atoms with Crippen LogP contribution in [-0.4, -0.2) is 80.9 Å². The molecule has 0 aliphatic carbocycles. The molecule has 7 heteroatoms. The smallest absolute Gasteiger partial charge is 0.244 e. The fourth-order valence-corrected chi connectivity index (χ4v) is 4.92. The first-order chi connectivity index (χ1) is 11.1. The fraction of sp³-hybridized carbons (Fsp3) is 0.941. The van der Waals surface area contributed by atoms with Gasteiger partial charge in [0.05, 0.1) is 0 Å². The maximum absolute atomic E-state index is 13.0. The van der Waals surface area contributed by atoms with Crippen molar-refractivity contribution in [1.29, 1.82) is 0 Å². The molecule has 0 unspecified atom stereocenters. The minimum atomic E-state index is -3.42. The molecule has 0 radical (unpaired) electrons. The van der Waals surface area contributed by atoms with E-state index >= 15 is 0 Å². The molecule has 2 saturated heterocycles. The van der Waals surface area contributed by atoms with E-state index in [2.05, 4.69) is 31.0 Å². The lowest BCUT2D eigenvalue weighted by molar-refractivity contribution is -0.136. The van der Waals surface area contributed by atoms with Gasteiger partial charge in [0.2, 0.25) is 5.91 Å². The maximum Gasteiger partial charge on any atom is 0.244 e. The number of rotatable bonds is 4. The van der Waals surface area contributed by atoms with Gasteiger partial charge in [-0.3, -0.25) is 9.69 Å². The molecule has 0 spiro atoms. The number of piperazine rings is 1. The highest BCUT2D eigenvalue weighted by atomic mass is 32.2. The Kier molecular flexibility index (Phi) is 5.98. The summed E-state index contributed by atoms with van der Waals surface area (Å²) in [6.45, 7) is 11.8. The van der Waals surface area contributed by atoms with Gasteiger partial charge < -0.3 is 10.2 Å². The third-order valence-corrected chi connectivity index (χ3v) is 7.35. The minimum Gasteiger partial charge on any atom is -0.339 e. The summed E-state index contributed by atoms with van der Waals surface area (Å²) in [7, 11) is -3.42. The summed E-state index contributed by atoms with van der Waals surface area (Å²) in [6, 6.07) is 0. The summed E-state index contributed by atoms with van der Waals surface area (Å²) in [5.41, 5.74) is 0.308. The summed E-state index contributed by atoms with van der Waals surface area (Å²) in [6.07, 6.45) is 3.11. The van der Waals surface area contributed by atoms with Crippen LogP contribution < -0.4 is 5.32 Å². The number of amides is 1. The molecular weight excluding hydrogens is 326 g/mol. The predicted octanol–water partition coefficient (Wildman–Crippen LogP) is 0.734. The largest absolute Gasteiger partial charge is 0.339 e. The van der Waals surface area contributed by atoms with Crippen molar-refractivity contribution in [2.75, 3.05) is 52.1 Å². The molecule has 24 heavy (non-hydrogen) atoms. The Morgan fingerprint density at radius 1 is 1.08 bits per heavy atom. The number of carbonyl (C=O) groups excluding carboxylic acids is 1. The number of hydrogen-bond donors (Lipinski definition) is 1. The highest BCUT2D eigenvalue weighted by Crippen LogP contribution is 2.30. The third-order valence-electron chi connectivity index (χ3n) is 5.35. The van der Waals surface area contributed by atoms with Crippen molar-refractivity contribution in [1.82, 2.24) is 15.1 Å². The SMILES string of the molecule is CC(C)(C)CCN1CCN(C(=O)C2(S(C)(=O)=O)CCNCC2)CC1. The Bertz CT molecular complexity index is 540. The fourth-order valence-electron chi connectivity index (χ4n) is 3.53. The molecule has 0 aromatic heterocycles. The molecule has 2 heterocycles. The van der Waals surface area contributed by atoms with Crippen LogP contribution in [0, 0.1) is 5.41 Å². The van der Waals surface area contributed by atoms with Crippen molar-refractivity contribution in [2.24, 2.45) is 5.41 Å². The van der Waals surface area contributed by atoms with E-state index in [1.165, 1.54) is 6.26 Å². The number of nitrogens with zero attached hydrogens (tertiary/aromatic N) is 2. The Morgan fingerprint density at radius 2 is 1.62 bits per heavy atom. The first-order valence-corrected chi connectivity index (χ1v) is 10.9. The standard InChI is InChI=1S/C17H33N3O3S/c1-16(2,3)7-10-19-11-13-20(14-12-19)15(21)17(24(4,22)23)5-8-18-9-6-17/h18H,5-14H2,1-4H3. The van der Waals surface area contributed by atoms with Gasteiger partial charge in [0.25, 0.3) is 0 Å². The molecule has 1 N–H and O–H groups in total. The van der Waals surface area contributed by atoms with E-state index in [1.807, 2.05) is 0 Å². The lowest BCUT2D eigenvalue weighted by Gasteiger charge is -2.42. The zero-order valence-electron chi connectivity index (χ0n) is 15.6. The maximum atomic E-state index is 13.0. The van der Waals surface area contributed by atoms with Crippen LogP contribution >= 0.6 is 0 Å². The minimum absolute atomic E-state index is 0.179. The van der Waals surface area contributed by atoms with Gasteiger partial charge in [-0.05, 0) is 44.3 Å². The first-order valence-electron chi connectivity index (χ1n) is 8.97. The van der Waals surface area contributed by atoms with Crippen LogP contribution in [0.25, 0.3) is 0 Å². The van der Waals surface area contributed by atoms with Gasteiger partial charge in [0.15, 0.2) is 14.6 Å². The molecule has 0 aromatic rings. The van der Waals surface area contributed by atoms with Gasteiger partial charge in [0, 0.05) is 32.4 Å². The van der Waals surface area contributed by atoms with Crippen molar-refractivity contribution in [3.63, 3.8) is 0 Å². The zero-order valence-corrected chi connectivity index (χ0v) is 16.4. The van der Waals surface area contributed by atoms with Crippen LogP contribution in [0.1, 0.15) is 40.0 Å². The molecule has 2 aliphatic heterocycles. The average Bonchev–Trinajstić information content (AvgIpc) is 2.52. The van der Waals surface area contributed by atoms with Crippen LogP contribution in [0.5, 0.6) is 0 Å². The number of carbonyl (C=O) groups is 1. The highest BCUT2D eigenvalue weighted by molar-refractivity contribution is 7.92. The summed E-state index contributed by atoms with van der Waals surface area (Å²) < 4.78 is 23.6. The van der Waals surface area contributed by atoms with Gasteiger partial charge in [0.1, 0.15) is 0 Å². The lowest BCUT2D eigenvalue weighted by Crippen LogP contribution is -2.61. The van der Waals surface area contributed by atoms with Crippen molar-refractivity contribution in [2.45, 2.75) is 44.8 Å². The molecule has 1 amide bonds. The van der Waals surface area contributed by atoms with E-state index < -0.39 is 14.6 Å². The van der Waals surface area contributed by atoms with E-state index in [0.717, 1.165) is 26.1 Å². The van der Waals surface area contributed by atoms with Crippen LogP contribution in [0.2, 0.25) is 0 Å². The molecule has 2 rings (SSSR count). The van der Waals surface area contributed by atoms with Crippen molar-refractivity contribution >= 4 is 15.7 Å². The zero-order chi connectivity index (χ0) is 18.0. The Labute approximate surface area is 146 Å². The van der Waals surface area contributed by atoms with Gasteiger partial charge in [-0.25, -0.2) is 8.42 Å². The lowest BCUT2D eigenvalue weighted by atomic mass is 9.92. The summed E-state index contributed by atoms with van der Waals surface area (Å²) in [4.78, 5) is 17.2. The van der Waals surface area contributed by atoms with Crippen molar-refractivity contribution in [3.8, 4) is 0 Å². The Morgan fingerprint density at radius 3 is 2.08 bits per heavy atom. The van der Waals surface area contributed by atoms with E-state index in [0.29, 0.717) is 44.4 Å². The monoisotopic (exact) mass is 359 g/mol. The molecule has 6 nitrogen and oxygen atoms in total. The summed E-state index contributed by atoms with van der Waals surface area (Å²) in [5.74, 6) is -0.179. The van der Waals surface area contributed by atoms with Gasteiger partial charge in [-0.2, -0.15) is 0 Å². The molecule has 0 saturated carbocycles. The normalized spacial score (nSPS) is 23.2. The second kappa shape index (κ2) is 7.30. The molecular formula is C17H33N3O3S. The number of hydrogen-bond acceptors (Lipinski definition) is 5. The Hall–Kier alpha value is -0.660.